The number of aryl methyl sites for hydroxylation is 2. The molecule has 1 heterocycles. The number of hydrogen-bond donors (Lipinski definition) is 0. The summed E-state index contributed by atoms with van der Waals surface area (Å²) >= 11 is 6.08. The van der Waals surface area contributed by atoms with E-state index in [1.807, 2.05) is 20.8 Å². The highest BCUT2D eigenvalue weighted by atomic mass is 35.5. The predicted molar refractivity (Wildman–Crippen MR) is 109 cm³/mol. The van der Waals surface area contributed by atoms with Gasteiger partial charge in [0.15, 0.2) is 0 Å². The van der Waals surface area contributed by atoms with Crippen molar-refractivity contribution in [2.75, 3.05) is 6.54 Å². The van der Waals surface area contributed by atoms with Gasteiger partial charge in [0, 0.05) is 30.8 Å². The second-order valence-electron chi connectivity index (χ2n) is 7.54. The third-order valence-electron chi connectivity index (χ3n) is 4.41. The molecule has 0 radical (unpaired) electrons. The second-order valence-corrected chi connectivity index (χ2v) is 9.70. The summed E-state index contributed by atoms with van der Waals surface area (Å²) in [5, 5.41) is 15.4. The molecule has 1 amide bonds. The van der Waals surface area contributed by atoms with Crippen molar-refractivity contribution in [3.05, 3.63) is 50.3 Å². The topological polar surface area (TPSA) is 115 Å². The Balaban J connectivity index is 2.60. The number of nitrogens with zero attached hydrogens (tertiary/aromatic N) is 4. The molecule has 0 N–H and O–H groups in total. The molecule has 0 spiro atoms. The molecule has 0 saturated heterocycles. The van der Waals surface area contributed by atoms with Gasteiger partial charge in [-0.05, 0) is 25.3 Å². The molecule has 0 aliphatic heterocycles. The number of rotatable bonds is 5. The molecular weight excluding hydrogens is 420 g/mol. The van der Waals surface area contributed by atoms with E-state index in [-0.39, 0.29) is 33.5 Å². The van der Waals surface area contributed by atoms with E-state index in [1.54, 1.807) is 0 Å². The van der Waals surface area contributed by atoms with Crippen LogP contribution in [0.1, 0.15) is 49.3 Å². The summed E-state index contributed by atoms with van der Waals surface area (Å²) in [5.74, 6) is -0.879. The number of aromatic nitrogens is 2. The average molecular weight is 443 g/mol. The molecule has 0 aliphatic carbocycles. The minimum atomic E-state index is -4.31. The fourth-order valence-electron chi connectivity index (χ4n) is 3.03. The highest BCUT2D eigenvalue weighted by Crippen LogP contribution is 2.33. The van der Waals surface area contributed by atoms with Gasteiger partial charge in [0.1, 0.15) is 10.0 Å². The number of carbonyl (C=O) groups excluding carboxylic acids is 1. The van der Waals surface area contributed by atoms with Gasteiger partial charge in [-0.1, -0.05) is 38.4 Å². The first kappa shape index (κ1) is 22.8. The molecule has 29 heavy (non-hydrogen) atoms. The monoisotopic (exact) mass is 442 g/mol. The van der Waals surface area contributed by atoms with Gasteiger partial charge in [0.2, 0.25) is 0 Å². The third kappa shape index (κ3) is 4.13. The zero-order valence-corrected chi connectivity index (χ0v) is 18.6. The summed E-state index contributed by atoms with van der Waals surface area (Å²) < 4.78 is 28.1. The Labute approximate surface area is 174 Å². The molecule has 158 valence electrons. The number of carbonyl (C=O) groups is 1. The minimum Gasteiger partial charge on any atom is -0.268 e. The van der Waals surface area contributed by atoms with Crippen molar-refractivity contribution in [3.8, 4) is 0 Å². The molecule has 0 aliphatic rings. The molecule has 9 nitrogen and oxygen atoms in total. The normalized spacial score (nSPS) is 12.1. The lowest BCUT2D eigenvalue weighted by Crippen LogP contribution is -2.37. The number of halogens is 1. The molecule has 0 unspecified atom stereocenters. The zero-order valence-electron chi connectivity index (χ0n) is 17.1. The minimum absolute atomic E-state index is 0.104. The Morgan fingerprint density at radius 3 is 2.34 bits per heavy atom. The van der Waals surface area contributed by atoms with E-state index in [2.05, 4.69) is 5.10 Å². The van der Waals surface area contributed by atoms with Crippen LogP contribution in [-0.4, -0.2) is 39.9 Å². The number of sulfonamides is 1. The first-order chi connectivity index (χ1) is 13.2. The largest absolute Gasteiger partial charge is 0.273 e. The summed E-state index contributed by atoms with van der Waals surface area (Å²) in [6.07, 6.45) is 0. The van der Waals surface area contributed by atoms with Crippen molar-refractivity contribution in [3.63, 3.8) is 0 Å². The van der Waals surface area contributed by atoms with Crippen LogP contribution in [0.4, 0.5) is 5.69 Å². The summed E-state index contributed by atoms with van der Waals surface area (Å²) in [7, 11) is -2.82. The number of hydrogen-bond acceptors (Lipinski definition) is 6. The second kappa shape index (κ2) is 7.75. The van der Waals surface area contributed by atoms with Crippen LogP contribution >= 0.6 is 11.6 Å². The van der Waals surface area contributed by atoms with E-state index in [9.17, 15) is 23.3 Å². The first-order valence-electron chi connectivity index (χ1n) is 8.78. The van der Waals surface area contributed by atoms with Crippen LogP contribution in [0.15, 0.2) is 23.1 Å². The Morgan fingerprint density at radius 2 is 1.93 bits per heavy atom. The predicted octanol–water partition coefficient (Wildman–Crippen LogP) is 3.44. The van der Waals surface area contributed by atoms with Gasteiger partial charge < -0.3 is 0 Å². The molecule has 11 heteroatoms. The standard InChI is InChI=1S/C18H23ClN4O5S/c1-7-22(29(27,28)15-11(2)20-21(6)16(15)19)17(24)12-8-9-13(18(3,4)5)14(10-12)23(25)26/h8-10H,7H2,1-6H3. The van der Waals surface area contributed by atoms with Gasteiger partial charge >= 0.3 is 0 Å². The van der Waals surface area contributed by atoms with Gasteiger partial charge in [0.25, 0.3) is 21.6 Å². The Hall–Kier alpha value is -2.46. The fraction of sp³-hybridized carbons (Fsp3) is 0.444. The van der Waals surface area contributed by atoms with Gasteiger partial charge in [0.05, 0.1) is 10.6 Å². The number of benzene rings is 1. The van der Waals surface area contributed by atoms with Crippen LogP contribution in [0.5, 0.6) is 0 Å². The van der Waals surface area contributed by atoms with E-state index in [0.717, 1.165) is 6.07 Å². The third-order valence-corrected chi connectivity index (χ3v) is 6.97. The molecule has 0 bridgehead atoms. The Kier molecular flexibility index (Phi) is 6.10. The van der Waals surface area contributed by atoms with Crippen molar-refractivity contribution < 1.29 is 18.1 Å². The highest BCUT2D eigenvalue weighted by Gasteiger charge is 2.35. The van der Waals surface area contributed by atoms with E-state index in [4.69, 9.17) is 11.6 Å². The van der Waals surface area contributed by atoms with Crippen molar-refractivity contribution in [2.45, 2.75) is 44.9 Å². The summed E-state index contributed by atoms with van der Waals surface area (Å²) in [6.45, 7) is 8.22. The van der Waals surface area contributed by atoms with Gasteiger partial charge in [-0.15, -0.1) is 0 Å². The molecule has 1 aromatic heterocycles. The van der Waals surface area contributed by atoms with E-state index >= 15 is 0 Å². The molecule has 0 fully saturated rings. The van der Waals surface area contributed by atoms with E-state index in [1.165, 1.54) is 37.7 Å². The zero-order chi connectivity index (χ0) is 22.3. The maximum atomic E-state index is 13.1. The number of amides is 1. The summed E-state index contributed by atoms with van der Waals surface area (Å²) in [4.78, 5) is 23.7. The molecule has 2 aromatic rings. The smallest absolute Gasteiger partial charge is 0.268 e. The molecule has 2 rings (SSSR count). The molecular formula is C18H23ClN4O5S. The molecule has 1 aromatic carbocycles. The van der Waals surface area contributed by atoms with Crippen molar-refractivity contribution in [2.24, 2.45) is 7.05 Å². The van der Waals surface area contributed by atoms with E-state index in [0.29, 0.717) is 9.87 Å². The van der Waals surface area contributed by atoms with Crippen LogP contribution in [0, 0.1) is 17.0 Å². The number of nitro groups is 1. The van der Waals surface area contributed by atoms with Gasteiger partial charge in [-0.25, -0.2) is 12.7 Å². The lowest BCUT2D eigenvalue weighted by atomic mass is 9.85. The SMILES string of the molecule is CCN(C(=O)c1ccc(C(C)(C)C)c([N+](=O)[O-])c1)S(=O)(=O)c1c(C)nn(C)c1Cl. The average Bonchev–Trinajstić information content (AvgIpc) is 2.86. The lowest BCUT2D eigenvalue weighted by Gasteiger charge is -2.22. The number of nitro benzene ring substituents is 1. The van der Waals surface area contributed by atoms with Gasteiger partial charge in [-0.3, -0.25) is 19.6 Å². The van der Waals surface area contributed by atoms with Crippen LogP contribution < -0.4 is 0 Å². The van der Waals surface area contributed by atoms with Crippen molar-refractivity contribution >= 4 is 33.2 Å². The van der Waals surface area contributed by atoms with E-state index < -0.39 is 26.3 Å². The summed E-state index contributed by atoms with van der Waals surface area (Å²) in [6, 6.07) is 3.98. The Bertz CT molecular complexity index is 1090. The van der Waals surface area contributed by atoms with Crippen LogP contribution in [0.3, 0.4) is 0 Å². The lowest BCUT2D eigenvalue weighted by molar-refractivity contribution is -0.386. The fourth-order valence-corrected chi connectivity index (χ4v) is 5.14. The summed E-state index contributed by atoms with van der Waals surface area (Å²) in [5.41, 5.74) is -0.282. The maximum Gasteiger partial charge on any atom is 0.273 e. The molecule has 0 saturated carbocycles. The van der Waals surface area contributed by atoms with Crippen molar-refractivity contribution in [1.82, 2.24) is 14.1 Å². The Morgan fingerprint density at radius 1 is 1.34 bits per heavy atom. The maximum absolute atomic E-state index is 13.1. The molecule has 0 atom stereocenters. The highest BCUT2D eigenvalue weighted by molar-refractivity contribution is 7.89. The first-order valence-corrected chi connectivity index (χ1v) is 10.6. The quantitative estimate of drug-likeness (QED) is 0.517. The van der Waals surface area contributed by atoms with Crippen LogP contribution in [0.2, 0.25) is 5.15 Å². The van der Waals surface area contributed by atoms with Gasteiger partial charge in [-0.2, -0.15) is 5.10 Å². The van der Waals surface area contributed by atoms with Crippen LogP contribution in [-0.2, 0) is 22.5 Å². The van der Waals surface area contributed by atoms with Crippen LogP contribution in [0.25, 0.3) is 0 Å². The van der Waals surface area contributed by atoms with Crippen molar-refractivity contribution in [1.29, 1.82) is 0 Å².